The van der Waals surface area contributed by atoms with Crippen molar-refractivity contribution in [3.8, 4) is 0 Å². The summed E-state index contributed by atoms with van der Waals surface area (Å²) in [6, 6.07) is 10.7. The summed E-state index contributed by atoms with van der Waals surface area (Å²) >= 11 is 0. The van der Waals surface area contributed by atoms with Gasteiger partial charge in [-0.05, 0) is 49.6 Å². The molecule has 2 N–H and O–H groups in total. The molecule has 1 heteroatoms. The Hall–Kier alpha value is -0.820. The predicted octanol–water partition coefficient (Wildman–Crippen LogP) is 2.60. The van der Waals surface area contributed by atoms with Gasteiger partial charge in [-0.25, -0.2) is 0 Å². The molecule has 1 aromatic rings. The average Bonchev–Trinajstić information content (AvgIpc) is 3.05. The fraction of sp³-hybridized carbons (Fsp3) is 0.538. The molecular formula is C13H19N. The van der Waals surface area contributed by atoms with Crippen molar-refractivity contribution in [2.45, 2.75) is 25.7 Å². The van der Waals surface area contributed by atoms with Crippen molar-refractivity contribution in [3.63, 3.8) is 0 Å². The van der Waals surface area contributed by atoms with Crippen LogP contribution in [0.3, 0.4) is 0 Å². The molecule has 0 amide bonds. The lowest BCUT2D eigenvalue weighted by molar-refractivity contribution is 0.439. The van der Waals surface area contributed by atoms with E-state index < -0.39 is 0 Å². The molecule has 0 radical (unpaired) electrons. The van der Waals surface area contributed by atoms with E-state index in [0.29, 0.717) is 0 Å². The molecule has 1 aliphatic carbocycles. The van der Waals surface area contributed by atoms with E-state index in [1.54, 1.807) is 0 Å². The van der Waals surface area contributed by atoms with Crippen LogP contribution in [0.1, 0.15) is 24.8 Å². The van der Waals surface area contributed by atoms with Gasteiger partial charge >= 0.3 is 0 Å². The Morgan fingerprint density at radius 2 is 1.93 bits per heavy atom. The van der Waals surface area contributed by atoms with Gasteiger partial charge in [0, 0.05) is 0 Å². The van der Waals surface area contributed by atoms with Gasteiger partial charge < -0.3 is 5.73 Å². The van der Waals surface area contributed by atoms with Crippen LogP contribution in [0.25, 0.3) is 0 Å². The van der Waals surface area contributed by atoms with Crippen molar-refractivity contribution in [3.05, 3.63) is 35.9 Å². The van der Waals surface area contributed by atoms with E-state index in [4.69, 9.17) is 5.73 Å². The molecule has 1 nitrogen and oxygen atoms in total. The van der Waals surface area contributed by atoms with Gasteiger partial charge in [0.25, 0.3) is 0 Å². The number of hydrogen-bond acceptors (Lipinski definition) is 1. The number of nitrogens with two attached hydrogens (primary N) is 1. The zero-order valence-electron chi connectivity index (χ0n) is 8.65. The molecule has 0 aromatic heterocycles. The summed E-state index contributed by atoms with van der Waals surface area (Å²) in [6.45, 7) is 0.873. The van der Waals surface area contributed by atoms with Gasteiger partial charge in [-0.1, -0.05) is 30.3 Å². The highest BCUT2D eigenvalue weighted by Gasteiger charge is 2.29. The Balaban J connectivity index is 1.81. The third-order valence-corrected chi connectivity index (χ3v) is 3.24. The molecule has 14 heavy (non-hydrogen) atoms. The topological polar surface area (TPSA) is 26.0 Å². The Morgan fingerprint density at radius 1 is 1.21 bits per heavy atom. The van der Waals surface area contributed by atoms with Crippen LogP contribution in [0.4, 0.5) is 0 Å². The minimum absolute atomic E-state index is 0.773. The van der Waals surface area contributed by atoms with Gasteiger partial charge in [0.05, 0.1) is 0 Å². The highest BCUT2D eigenvalue weighted by Crippen LogP contribution is 2.38. The van der Waals surface area contributed by atoms with Crippen molar-refractivity contribution in [2.75, 3.05) is 6.54 Å². The first-order valence-electron chi connectivity index (χ1n) is 5.64. The molecule has 1 unspecified atom stereocenters. The summed E-state index contributed by atoms with van der Waals surface area (Å²) in [6.07, 6.45) is 5.29. The molecule has 0 bridgehead atoms. The first-order valence-corrected chi connectivity index (χ1v) is 5.64. The van der Waals surface area contributed by atoms with Crippen LogP contribution in [0.2, 0.25) is 0 Å². The monoisotopic (exact) mass is 189 g/mol. The van der Waals surface area contributed by atoms with Crippen LogP contribution in [0, 0.1) is 11.8 Å². The Bertz CT molecular complexity index is 264. The first-order chi connectivity index (χ1) is 6.90. The van der Waals surface area contributed by atoms with Crippen LogP contribution in [0.15, 0.2) is 30.3 Å². The molecule has 1 atom stereocenters. The van der Waals surface area contributed by atoms with E-state index in [0.717, 1.165) is 18.4 Å². The second kappa shape index (κ2) is 4.61. The molecule has 2 rings (SSSR count). The summed E-state index contributed by atoms with van der Waals surface area (Å²) in [5.74, 6) is 1.72. The third-order valence-electron chi connectivity index (χ3n) is 3.24. The van der Waals surface area contributed by atoms with Crippen LogP contribution < -0.4 is 5.73 Å². The van der Waals surface area contributed by atoms with Crippen molar-refractivity contribution >= 4 is 0 Å². The maximum Gasteiger partial charge on any atom is -0.00461 e. The summed E-state index contributed by atoms with van der Waals surface area (Å²) in [5, 5.41) is 0. The van der Waals surface area contributed by atoms with Crippen molar-refractivity contribution in [1.29, 1.82) is 0 Å². The van der Waals surface area contributed by atoms with Gasteiger partial charge in [0.2, 0.25) is 0 Å². The largest absolute Gasteiger partial charge is 0.330 e. The lowest BCUT2D eigenvalue weighted by Crippen LogP contribution is -2.17. The standard InChI is InChI=1S/C13H19N/c14-10-13(12-8-9-12)7-6-11-4-2-1-3-5-11/h1-5,12-13H,6-10,14H2. The summed E-state index contributed by atoms with van der Waals surface area (Å²) in [4.78, 5) is 0. The van der Waals surface area contributed by atoms with Crippen LogP contribution in [-0.4, -0.2) is 6.54 Å². The molecule has 1 saturated carbocycles. The predicted molar refractivity (Wildman–Crippen MR) is 60.0 cm³/mol. The van der Waals surface area contributed by atoms with Gasteiger partial charge in [-0.3, -0.25) is 0 Å². The van der Waals surface area contributed by atoms with E-state index >= 15 is 0 Å². The van der Waals surface area contributed by atoms with Gasteiger partial charge in [0.15, 0.2) is 0 Å². The van der Waals surface area contributed by atoms with E-state index in [9.17, 15) is 0 Å². The van der Waals surface area contributed by atoms with Gasteiger partial charge in [-0.2, -0.15) is 0 Å². The van der Waals surface area contributed by atoms with Crippen LogP contribution in [-0.2, 0) is 6.42 Å². The minimum Gasteiger partial charge on any atom is -0.330 e. The fourth-order valence-corrected chi connectivity index (χ4v) is 2.11. The maximum atomic E-state index is 5.78. The first kappa shape index (κ1) is 9.72. The summed E-state index contributed by atoms with van der Waals surface area (Å²) in [5.41, 5.74) is 7.23. The quantitative estimate of drug-likeness (QED) is 0.757. The van der Waals surface area contributed by atoms with Gasteiger partial charge in [0.1, 0.15) is 0 Å². The Morgan fingerprint density at radius 3 is 2.50 bits per heavy atom. The van der Waals surface area contributed by atoms with E-state index in [-0.39, 0.29) is 0 Å². The molecule has 1 aromatic carbocycles. The zero-order valence-corrected chi connectivity index (χ0v) is 8.65. The average molecular weight is 189 g/mol. The highest BCUT2D eigenvalue weighted by molar-refractivity contribution is 5.14. The SMILES string of the molecule is NCC(CCc1ccccc1)C1CC1. The lowest BCUT2D eigenvalue weighted by atomic mass is 9.95. The van der Waals surface area contributed by atoms with E-state index in [1.165, 1.54) is 31.2 Å². The lowest BCUT2D eigenvalue weighted by Gasteiger charge is -2.12. The maximum absolute atomic E-state index is 5.78. The number of rotatable bonds is 5. The molecule has 0 saturated heterocycles. The highest BCUT2D eigenvalue weighted by atomic mass is 14.6. The summed E-state index contributed by atoms with van der Waals surface area (Å²) < 4.78 is 0. The molecule has 0 aliphatic heterocycles. The third kappa shape index (κ3) is 2.58. The molecule has 1 fully saturated rings. The van der Waals surface area contributed by atoms with E-state index in [2.05, 4.69) is 30.3 Å². The number of aryl methyl sites for hydroxylation is 1. The normalized spacial score (nSPS) is 18.1. The second-order valence-electron chi connectivity index (χ2n) is 4.36. The van der Waals surface area contributed by atoms with Crippen LogP contribution >= 0.6 is 0 Å². The number of benzene rings is 1. The molecule has 1 aliphatic rings. The molecule has 76 valence electrons. The van der Waals surface area contributed by atoms with Crippen molar-refractivity contribution in [2.24, 2.45) is 17.6 Å². The van der Waals surface area contributed by atoms with Gasteiger partial charge in [-0.15, -0.1) is 0 Å². The Kier molecular flexibility index (Phi) is 3.20. The molecule has 0 spiro atoms. The van der Waals surface area contributed by atoms with Crippen LogP contribution in [0.5, 0.6) is 0 Å². The fourth-order valence-electron chi connectivity index (χ4n) is 2.11. The smallest absolute Gasteiger partial charge is 0.00461 e. The van der Waals surface area contributed by atoms with E-state index in [1.807, 2.05) is 0 Å². The summed E-state index contributed by atoms with van der Waals surface area (Å²) in [7, 11) is 0. The zero-order chi connectivity index (χ0) is 9.80. The molecular weight excluding hydrogens is 170 g/mol. The Labute approximate surface area is 86.3 Å². The minimum atomic E-state index is 0.773. The van der Waals surface area contributed by atoms with Crippen molar-refractivity contribution < 1.29 is 0 Å². The second-order valence-corrected chi connectivity index (χ2v) is 4.36. The number of hydrogen-bond donors (Lipinski definition) is 1. The molecule has 0 heterocycles. The van der Waals surface area contributed by atoms with Crippen molar-refractivity contribution in [1.82, 2.24) is 0 Å².